The number of hydrogen-bond acceptors (Lipinski definition) is 6. The molecule has 1 heterocycles. The fourth-order valence-electron chi connectivity index (χ4n) is 2.51. The van der Waals surface area contributed by atoms with Gasteiger partial charge < -0.3 is 19.9 Å². The van der Waals surface area contributed by atoms with E-state index in [0.717, 1.165) is 4.90 Å². The summed E-state index contributed by atoms with van der Waals surface area (Å²) in [6.45, 7) is 5.23. The molecule has 26 heavy (non-hydrogen) atoms. The van der Waals surface area contributed by atoms with Crippen LogP contribution in [0.4, 0.5) is 4.79 Å². The molecule has 0 radical (unpaired) electrons. The van der Waals surface area contributed by atoms with E-state index in [4.69, 9.17) is 9.47 Å². The van der Waals surface area contributed by atoms with Gasteiger partial charge in [-0.3, -0.25) is 9.69 Å². The van der Waals surface area contributed by atoms with Crippen LogP contribution in [0.1, 0.15) is 37.6 Å². The van der Waals surface area contributed by atoms with Gasteiger partial charge in [0.05, 0.1) is 18.7 Å². The number of imide groups is 1. The van der Waals surface area contributed by atoms with Gasteiger partial charge in [-0.15, -0.1) is 0 Å². The molecular weight excluding hydrogens is 340 g/mol. The molecule has 1 aliphatic rings. The summed E-state index contributed by atoms with van der Waals surface area (Å²) in [5.41, 5.74) is -0.529. The van der Waals surface area contributed by atoms with Gasteiger partial charge in [0, 0.05) is 0 Å². The first-order chi connectivity index (χ1) is 12.3. The molecule has 8 heteroatoms. The second-order valence-corrected chi connectivity index (χ2v) is 6.24. The van der Waals surface area contributed by atoms with Crippen LogP contribution in [0.25, 0.3) is 0 Å². The highest BCUT2D eigenvalue weighted by atomic mass is 16.5. The van der Waals surface area contributed by atoms with E-state index in [9.17, 15) is 19.5 Å². The fraction of sp³-hybridized carbons (Fsp3) is 0.500. The Morgan fingerprint density at radius 3 is 2.46 bits per heavy atom. The minimum atomic E-state index is -1.03. The molecule has 3 amide bonds. The second-order valence-electron chi connectivity index (χ2n) is 6.24. The number of esters is 1. The second kappa shape index (κ2) is 8.18. The van der Waals surface area contributed by atoms with Gasteiger partial charge in [-0.1, -0.05) is 6.92 Å². The zero-order valence-electron chi connectivity index (χ0n) is 15.2. The summed E-state index contributed by atoms with van der Waals surface area (Å²) >= 11 is 0. The topological polar surface area (TPSA) is 105 Å². The average Bonchev–Trinajstić information content (AvgIpc) is 2.84. The number of urea groups is 1. The van der Waals surface area contributed by atoms with Crippen molar-refractivity contribution in [2.75, 3.05) is 19.8 Å². The summed E-state index contributed by atoms with van der Waals surface area (Å²) in [6, 6.07) is 5.77. The van der Waals surface area contributed by atoms with E-state index in [2.05, 4.69) is 5.32 Å². The van der Waals surface area contributed by atoms with Crippen molar-refractivity contribution < 1.29 is 29.0 Å². The Morgan fingerprint density at radius 2 is 1.92 bits per heavy atom. The molecule has 0 unspecified atom stereocenters. The van der Waals surface area contributed by atoms with Crippen molar-refractivity contribution in [3.8, 4) is 5.75 Å². The highest BCUT2D eigenvalue weighted by Crippen LogP contribution is 2.21. The number of amides is 3. The van der Waals surface area contributed by atoms with Crippen molar-refractivity contribution in [2.45, 2.75) is 38.8 Å². The van der Waals surface area contributed by atoms with Crippen LogP contribution in [-0.2, 0) is 9.53 Å². The Morgan fingerprint density at radius 1 is 1.27 bits per heavy atom. The molecule has 142 valence electrons. The SMILES string of the molecule is CCOC(=O)c1ccc(OC[C@@H](O)CN2C(=O)N[C@](C)(CC)C2=O)cc1. The lowest BCUT2D eigenvalue weighted by atomic mass is 9.99. The number of nitrogens with one attached hydrogen (secondary N) is 1. The number of ether oxygens (including phenoxy) is 2. The lowest BCUT2D eigenvalue weighted by Gasteiger charge is -2.21. The number of nitrogens with zero attached hydrogens (tertiary/aromatic N) is 1. The molecule has 0 aliphatic carbocycles. The highest BCUT2D eigenvalue weighted by molar-refractivity contribution is 6.06. The van der Waals surface area contributed by atoms with Crippen LogP contribution in [-0.4, -0.2) is 59.3 Å². The third kappa shape index (κ3) is 4.32. The number of benzene rings is 1. The molecule has 1 aromatic carbocycles. The zero-order valence-corrected chi connectivity index (χ0v) is 15.2. The molecule has 0 aromatic heterocycles. The third-order valence-electron chi connectivity index (χ3n) is 4.25. The molecule has 2 rings (SSSR count). The fourth-order valence-corrected chi connectivity index (χ4v) is 2.51. The molecule has 1 aromatic rings. The minimum absolute atomic E-state index is 0.0986. The summed E-state index contributed by atoms with van der Waals surface area (Å²) < 4.78 is 10.3. The molecular formula is C18H24N2O6. The third-order valence-corrected chi connectivity index (χ3v) is 4.25. The predicted molar refractivity (Wildman–Crippen MR) is 92.8 cm³/mol. The molecule has 1 fully saturated rings. The van der Waals surface area contributed by atoms with Crippen molar-refractivity contribution in [1.82, 2.24) is 10.2 Å². The van der Waals surface area contributed by atoms with E-state index in [1.54, 1.807) is 45.0 Å². The van der Waals surface area contributed by atoms with Crippen LogP contribution >= 0.6 is 0 Å². The number of aliphatic hydroxyl groups is 1. The molecule has 2 N–H and O–H groups in total. The molecule has 8 nitrogen and oxygen atoms in total. The predicted octanol–water partition coefficient (Wildman–Crippen LogP) is 1.32. The van der Waals surface area contributed by atoms with Gasteiger partial charge >= 0.3 is 12.0 Å². The van der Waals surface area contributed by atoms with Gasteiger partial charge in [0.15, 0.2) is 0 Å². The van der Waals surface area contributed by atoms with Crippen LogP contribution in [0, 0.1) is 0 Å². The molecule has 0 bridgehead atoms. The molecule has 2 atom stereocenters. The monoisotopic (exact) mass is 364 g/mol. The van der Waals surface area contributed by atoms with Crippen LogP contribution < -0.4 is 10.1 Å². The maximum Gasteiger partial charge on any atom is 0.338 e. The van der Waals surface area contributed by atoms with Crippen LogP contribution in [0.5, 0.6) is 5.75 Å². The van der Waals surface area contributed by atoms with Crippen molar-refractivity contribution in [3.63, 3.8) is 0 Å². The van der Waals surface area contributed by atoms with Gasteiger partial charge in [-0.05, 0) is 44.5 Å². The Balaban J connectivity index is 1.87. The average molecular weight is 364 g/mol. The van der Waals surface area contributed by atoms with E-state index in [1.807, 2.05) is 0 Å². The number of carbonyl (C=O) groups excluding carboxylic acids is 3. The summed E-state index contributed by atoms with van der Waals surface area (Å²) in [4.78, 5) is 36.8. The first-order valence-corrected chi connectivity index (χ1v) is 8.53. The Labute approximate surface area is 152 Å². The minimum Gasteiger partial charge on any atom is -0.491 e. The largest absolute Gasteiger partial charge is 0.491 e. The van der Waals surface area contributed by atoms with Gasteiger partial charge in [-0.2, -0.15) is 0 Å². The van der Waals surface area contributed by atoms with Gasteiger partial charge in [0.25, 0.3) is 5.91 Å². The number of carbonyl (C=O) groups is 3. The Bertz CT molecular complexity index is 675. The number of hydrogen-bond donors (Lipinski definition) is 2. The Kier molecular flexibility index (Phi) is 6.20. The Hall–Kier alpha value is -2.61. The number of rotatable bonds is 8. The first-order valence-electron chi connectivity index (χ1n) is 8.53. The van der Waals surface area contributed by atoms with Gasteiger partial charge in [0.2, 0.25) is 0 Å². The zero-order chi connectivity index (χ0) is 19.3. The summed E-state index contributed by atoms with van der Waals surface area (Å²) in [6.07, 6.45) is -0.568. The standard InChI is InChI=1S/C18H24N2O6/c1-4-18(3)16(23)20(17(24)19-18)10-13(21)11-26-14-8-6-12(7-9-14)15(22)25-5-2/h6-9,13,21H,4-5,10-11H2,1-3H3,(H,19,24)/t13-,18+/m0/s1. The van der Waals surface area contributed by atoms with E-state index in [-0.39, 0.29) is 19.1 Å². The van der Waals surface area contributed by atoms with Crippen molar-refractivity contribution in [2.24, 2.45) is 0 Å². The van der Waals surface area contributed by atoms with E-state index in [1.165, 1.54) is 0 Å². The maximum absolute atomic E-state index is 12.3. The van der Waals surface area contributed by atoms with Crippen LogP contribution in [0.15, 0.2) is 24.3 Å². The van der Waals surface area contributed by atoms with E-state index in [0.29, 0.717) is 24.3 Å². The highest BCUT2D eigenvalue weighted by Gasteiger charge is 2.46. The van der Waals surface area contributed by atoms with Crippen molar-refractivity contribution >= 4 is 17.9 Å². The normalized spacial score (nSPS) is 20.7. The van der Waals surface area contributed by atoms with Crippen molar-refractivity contribution in [3.05, 3.63) is 29.8 Å². The van der Waals surface area contributed by atoms with Crippen LogP contribution in [0.2, 0.25) is 0 Å². The quantitative estimate of drug-likeness (QED) is 0.532. The number of β-amino-alcohol motifs (C(OH)–C–C–N with tert-alkyl or cyclic N) is 1. The van der Waals surface area contributed by atoms with Crippen molar-refractivity contribution in [1.29, 1.82) is 0 Å². The van der Waals surface area contributed by atoms with E-state index >= 15 is 0 Å². The maximum atomic E-state index is 12.3. The van der Waals surface area contributed by atoms with Crippen LogP contribution in [0.3, 0.4) is 0 Å². The lowest BCUT2D eigenvalue weighted by Crippen LogP contribution is -2.44. The first kappa shape index (κ1) is 19.7. The summed E-state index contributed by atoms with van der Waals surface area (Å²) in [5.74, 6) is -0.327. The lowest BCUT2D eigenvalue weighted by molar-refractivity contribution is -0.132. The van der Waals surface area contributed by atoms with E-state index < -0.39 is 23.6 Å². The molecule has 0 spiro atoms. The van der Waals surface area contributed by atoms with Gasteiger partial charge in [0.1, 0.15) is 24.0 Å². The smallest absolute Gasteiger partial charge is 0.338 e. The summed E-state index contributed by atoms with van der Waals surface area (Å²) in [5, 5.41) is 12.7. The molecule has 1 aliphatic heterocycles. The molecule has 0 saturated carbocycles. The van der Waals surface area contributed by atoms with Gasteiger partial charge in [-0.25, -0.2) is 9.59 Å². The number of aliphatic hydroxyl groups excluding tert-OH is 1. The summed E-state index contributed by atoms with van der Waals surface area (Å²) in [7, 11) is 0. The molecule has 1 saturated heterocycles.